The third-order valence-electron chi connectivity index (χ3n) is 7.25. The summed E-state index contributed by atoms with van der Waals surface area (Å²) in [6.07, 6.45) is -2.14. The summed E-state index contributed by atoms with van der Waals surface area (Å²) in [5.74, 6) is 0. The maximum Gasteiger partial charge on any atom is 0.513 e. The maximum atomic E-state index is 9.99. The van der Waals surface area contributed by atoms with Crippen molar-refractivity contribution >= 4 is 127 Å². The van der Waals surface area contributed by atoms with Crippen LogP contribution in [0.2, 0.25) is 98.2 Å². The van der Waals surface area contributed by atoms with Crippen molar-refractivity contribution in [1.82, 2.24) is 0 Å². The standard InChI is InChI=1S/3C12H32O8Si3.C3H8O2.4C2H2O2/c3*1-7-16-10-17-8-12(13)9-18-11-23(14,15)20-22(5,6)19-21(2,3)4;1-2-5-3-4;4*3-1-2-4/h3*12-15H,7-11H2,1-6H3;4H,2-3H2,1H3;4*1-2H. The van der Waals surface area contributed by atoms with E-state index in [-0.39, 0.29) is 136 Å². The fourth-order valence-electron chi connectivity index (χ4n) is 5.74. The normalized spacial score (nSPS) is 12.9. The second-order valence-electron chi connectivity index (χ2n) is 21.5. The number of ether oxygens (including phenoxy) is 10. The zero-order valence-corrected chi connectivity index (χ0v) is 65.1. The monoisotopic (exact) mass is 1470 g/mol. The Morgan fingerprint density at radius 2 is 0.467 bits per heavy atom. The predicted octanol–water partition coefficient (Wildman–Crippen LogP) is -1.27. The third kappa shape index (κ3) is 99.8. The Bertz CT molecular complexity index is 1490. The van der Waals surface area contributed by atoms with Crippen molar-refractivity contribution < 1.29 is 160 Å². The fourth-order valence-corrected chi connectivity index (χ4v) is 36.4. The molecule has 3 unspecified atom stereocenters. The van der Waals surface area contributed by atoms with Crippen LogP contribution < -0.4 is 0 Å². The van der Waals surface area contributed by atoms with E-state index < -0.39 is 95.4 Å². The van der Waals surface area contributed by atoms with E-state index >= 15 is 0 Å². The minimum Gasteiger partial charge on any atom is -0.437 e. The molecule has 540 valence electrons. The molecule has 0 radical (unpaired) electrons. The van der Waals surface area contributed by atoms with Crippen molar-refractivity contribution in [2.24, 2.45) is 0 Å². The van der Waals surface area contributed by atoms with Gasteiger partial charge in [0.2, 0.25) is 0 Å². The summed E-state index contributed by atoms with van der Waals surface area (Å²) in [5, 5.41) is 36.7. The average molecular weight is 1470 g/mol. The number of aliphatic hydroxyl groups is 4. The van der Waals surface area contributed by atoms with Crippen molar-refractivity contribution in [2.75, 3.05) is 112 Å². The Balaban J connectivity index is -0.000000160. The van der Waals surface area contributed by atoms with Crippen LogP contribution >= 0.6 is 0 Å². The lowest BCUT2D eigenvalue weighted by molar-refractivity contribution is -0.122. The van der Waals surface area contributed by atoms with Crippen LogP contribution in [0.15, 0.2) is 0 Å². The van der Waals surface area contributed by atoms with Crippen LogP contribution in [0.4, 0.5) is 0 Å². The van der Waals surface area contributed by atoms with Gasteiger partial charge < -0.3 is 121 Å². The fraction of sp³-hybridized carbons (Fsp3) is 0.830. The van der Waals surface area contributed by atoms with Gasteiger partial charge in [0.05, 0.1) is 39.6 Å². The van der Waals surface area contributed by atoms with Gasteiger partial charge in [0.1, 0.15) is 64.2 Å². The maximum absolute atomic E-state index is 9.99. The highest BCUT2D eigenvalue weighted by molar-refractivity contribution is 6.86. The van der Waals surface area contributed by atoms with Crippen LogP contribution in [0.3, 0.4) is 0 Å². The first-order valence-corrected chi connectivity index (χ1v) is 52.4. The van der Waals surface area contributed by atoms with Crippen molar-refractivity contribution in [2.45, 2.75) is 144 Å². The van der Waals surface area contributed by atoms with E-state index in [1.165, 1.54) is 0 Å². The highest BCUT2D eigenvalue weighted by Crippen LogP contribution is 2.21. The van der Waals surface area contributed by atoms with E-state index in [2.05, 4.69) is 4.74 Å². The van der Waals surface area contributed by atoms with Crippen LogP contribution in [0, 0.1) is 0 Å². The molecule has 0 aromatic rings. The summed E-state index contributed by atoms with van der Waals surface area (Å²) in [6, 6.07) is 0. The molecular weight excluding hydrogens is 1360 g/mol. The quantitative estimate of drug-likeness (QED) is 0.0112. The number of carbonyl (C=O) groups is 8. The molecule has 0 spiro atoms. The van der Waals surface area contributed by atoms with E-state index in [0.717, 1.165) is 0 Å². The van der Waals surface area contributed by atoms with Gasteiger partial charge in [-0.1, -0.05) is 0 Å². The van der Waals surface area contributed by atoms with E-state index in [1.807, 2.05) is 86.6 Å². The number of aldehydes is 8. The van der Waals surface area contributed by atoms with Crippen molar-refractivity contribution in [1.29, 1.82) is 0 Å². The SMILES string of the molecule is CCOCO.CCOCOCC(O)COC[Si](O)(O)O[Si](C)(C)O[Si](C)(C)C.CCOCOCC(O)COC[Si](O)(O)O[Si](C)(C)O[Si](C)(C)C.CCOCOCC(O)COC[Si](O)(O)O[Si](C)(C)O[Si](C)(C)C.O=CC=O.O=CC=O.O=CC=O.O=CC=O. The Hall–Kier alpha value is -1.73. The first-order chi connectivity index (χ1) is 41.2. The molecule has 0 bridgehead atoms. The average Bonchev–Trinajstić information content (AvgIpc) is 2.14. The zero-order valence-electron chi connectivity index (χ0n) is 56.1. The van der Waals surface area contributed by atoms with Crippen LogP contribution in [-0.4, -0.2) is 307 Å². The molecule has 0 aliphatic carbocycles. The van der Waals surface area contributed by atoms with Gasteiger partial charge in [0, 0.05) is 26.4 Å². The molecule has 0 heterocycles. The van der Waals surface area contributed by atoms with E-state index in [0.29, 0.717) is 26.4 Å². The molecule has 3 atom stereocenters. The van der Waals surface area contributed by atoms with E-state index in [1.54, 1.807) is 39.3 Å². The van der Waals surface area contributed by atoms with Gasteiger partial charge in [0.25, 0.3) is 0 Å². The lowest BCUT2D eigenvalue weighted by Gasteiger charge is -2.34. The minimum absolute atomic E-state index is 0.0469. The predicted molar refractivity (Wildman–Crippen MR) is 345 cm³/mol. The highest BCUT2D eigenvalue weighted by atomic mass is 28.5. The van der Waals surface area contributed by atoms with Crippen LogP contribution in [-0.2, 0) is 110 Å². The molecule has 0 saturated carbocycles. The van der Waals surface area contributed by atoms with Gasteiger partial charge in [-0.15, -0.1) is 0 Å². The van der Waals surface area contributed by atoms with Gasteiger partial charge in [-0.25, -0.2) is 0 Å². The Morgan fingerprint density at radius 1 is 0.289 bits per heavy atom. The van der Waals surface area contributed by atoms with E-state index in [9.17, 15) is 44.1 Å². The van der Waals surface area contributed by atoms with Gasteiger partial charge in [-0.3, -0.25) is 38.4 Å². The number of rotatable bonds is 45. The molecule has 34 nitrogen and oxygen atoms in total. The first-order valence-electron chi connectivity index (χ1n) is 27.7. The molecule has 90 heavy (non-hydrogen) atoms. The molecule has 0 aromatic heterocycles. The number of hydrogen-bond donors (Lipinski definition) is 10. The number of hydrogen-bond acceptors (Lipinski definition) is 34. The van der Waals surface area contributed by atoms with Gasteiger partial charge in [0.15, 0.2) is 75.2 Å². The summed E-state index contributed by atoms with van der Waals surface area (Å²) in [6.45, 7) is 38.3. The first kappa shape index (κ1) is 104. The molecule has 0 saturated heterocycles. The second kappa shape index (κ2) is 62.1. The lowest BCUT2D eigenvalue weighted by Crippen LogP contribution is -2.57. The Labute approximate surface area is 540 Å². The largest absolute Gasteiger partial charge is 0.513 e. The van der Waals surface area contributed by atoms with Gasteiger partial charge >= 0.3 is 52.1 Å². The third-order valence-corrected chi connectivity index (χ3v) is 32.1. The zero-order chi connectivity index (χ0) is 72.2. The van der Waals surface area contributed by atoms with Crippen LogP contribution in [0.25, 0.3) is 0 Å². The minimum atomic E-state index is -3.99. The molecule has 0 aliphatic heterocycles. The molecule has 0 rings (SSSR count). The van der Waals surface area contributed by atoms with Crippen molar-refractivity contribution in [3.05, 3.63) is 0 Å². The Morgan fingerprint density at radius 3 is 0.600 bits per heavy atom. The summed E-state index contributed by atoms with van der Waals surface area (Å²) in [7, 11) is -25.4. The van der Waals surface area contributed by atoms with Crippen molar-refractivity contribution in [3.8, 4) is 0 Å². The smallest absolute Gasteiger partial charge is 0.437 e. The molecule has 0 aromatic carbocycles. The molecule has 0 fully saturated rings. The Kier molecular flexibility index (Phi) is 72.0. The summed E-state index contributed by atoms with van der Waals surface area (Å²) >= 11 is 0. The van der Waals surface area contributed by atoms with Gasteiger partial charge in [-0.05, 0) is 126 Å². The number of aliphatic hydroxyl groups excluding tert-OH is 4. The number of carbonyl (C=O) groups excluding carboxylic acids is 8. The summed E-state index contributed by atoms with van der Waals surface area (Å²) < 4.78 is 83.8. The molecular formula is C47H112O34Si9. The van der Waals surface area contributed by atoms with E-state index in [4.69, 9.17) is 111 Å². The second-order valence-corrected chi connectivity index (χ2v) is 52.8. The highest BCUT2D eigenvalue weighted by Gasteiger charge is 2.46. The summed E-state index contributed by atoms with van der Waals surface area (Å²) in [4.78, 5) is 130. The van der Waals surface area contributed by atoms with Crippen LogP contribution in [0.1, 0.15) is 27.7 Å². The van der Waals surface area contributed by atoms with Gasteiger partial charge in [-0.2, -0.15) is 0 Å². The lowest BCUT2D eigenvalue weighted by atomic mass is 10.4. The van der Waals surface area contributed by atoms with Crippen LogP contribution in [0.5, 0.6) is 0 Å². The summed E-state index contributed by atoms with van der Waals surface area (Å²) in [5.41, 5.74) is 0. The topological polar surface area (TPSA) is 487 Å². The molecule has 43 heteroatoms. The molecule has 0 aliphatic rings. The van der Waals surface area contributed by atoms with Crippen molar-refractivity contribution in [3.63, 3.8) is 0 Å². The molecule has 10 N–H and O–H groups in total. The molecule has 0 amide bonds.